The molecule has 4 rings (SSSR count). The van der Waals surface area contributed by atoms with Gasteiger partial charge in [-0.1, -0.05) is 11.8 Å². The van der Waals surface area contributed by atoms with Crippen molar-refractivity contribution in [3.8, 4) is 11.8 Å². The molecule has 2 fully saturated rings. The zero-order chi connectivity index (χ0) is 27.8. The third-order valence-electron chi connectivity index (χ3n) is 7.19. The maximum absolute atomic E-state index is 14.4. The molecule has 0 aromatic heterocycles. The van der Waals surface area contributed by atoms with Crippen LogP contribution in [-0.2, 0) is 19.1 Å². The first-order valence-electron chi connectivity index (χ1n) is 12.2. The molecule has 1 N–H and O–H groups in total. The number of nitriles is 1. The molecule has 0 aliphatic carbocycles. The van der Waals surface area contributed by atoms with Crippen LogP contribution < -0.4 is 4.74 Å². The van der Waals surface area contributed by atoms with Crippen molar-refractivity contribution < 1.29 is 38.1 Å². The minimum atomic E-state index is -1.86. The van der Waals surface area contributed by atoms with Crippen LogP contribution >= 0.6 is 11.8 Å². The van der Waals surface area contributed by atoms with Gasteiger partial charge in [0.2, 0.25) is 5.91 Å². The number of carboxylic acids is 1. The van der Waals surface area contributed by atoms with Crippen molar-refractivity contribution >= 4 is 29.7 Å². The number of carboxylic acid groups (broad SMARTS) is 1. The van der Waals surface area contributed by atoms with E-state index in [1.54, 1.807) is 6.92 Å². The molecular formula is C26H30FN3O7S. The first-order chi connectivity index (χ1) is 18.0. The fraction of sp³-hybridized carbons (Fsp3) is 0.538. The fourth-order valence-corrected chi connectivity index (χ4v) is 6.33. The number of methoxy groups -OCH3 is 1. The minimum Gasteiger partial charge on any atom is -0.496 e. The second kappa shape index (κ2) is 10.9. The van der Waals surface area contributed by atoms with Gasteiger partial charge in [0.05, 0.1) is 30.6 Å². The van der Waals surface area contributed by atoms with Gasteiger partial charge in [-0.15, -0.1) is 0 Å². The van der Waals surface area contributed by atoms with Gasteiger partial charge in [0.15, 0.2) is 0 Å². The maximum atomic E-state index is 14.4. The molecule has 12 heteroatoms. The van der Waals surface area contributed by atoms with Crippen LogP contribution in [0, 0.1) is 23.1 Å². The van der Waals surface area contributed by atoms with Gasteiger partial charge in [-0.3, -0.25) is 4.79 Å². The van der Waals surface area contributed by atoms with Gasteiger partial charge in [-0.25, -0.2) is 18.9 Å². The molecule has 204 valence electrons. The fourth-order valence-electron chi connectivity index (χ4n) is 4.96. The lowest BCUT2D eigenvalue weighted by Crippen LogP contribution is -2.67. The first kappa shape index (κ1) is 27.9. The van der Waals surface area contributed by atoms with Crippen molar-refractivity contribution in [3.63, 3.8) is 0 Å². The second-order valence-electron chi connectivity index (χ2n) is 9.91. The van der Waals surface area contributed by atoms with Crippen LogP contribution in [0.25, 0.3) is 0 Å². The van der Waals surface area contributed by atoms with E-state index >= 15 is 0 Å². The Labute approximate surface area is 224 Å². The number of thioether (sulfide) groups is 1. The number of aliphatic carboxylic acids is 1. The largest absolute Gasteiger partial charge is 0.496 e. The number of ether oxygens (including phenoxy) is 3. The van der Waals surface area contributed by atoms with Gasteiger partial charge in [0.25, 0.3) is 0 Å². The number of hydrogen-bond acceptors (Lipinski definition) is 8. The van der Waals surface area contributed by atoms with E-state index in [0.29, 0.717) is 47.8 Å². The van der Waals surface area contributed by atoms with E-state index in [-0.39, 0.29) is 12.6 Å². The Hall–Kier alpha value is -3.14. The van der Waals surface area contributed by atoms with Crippen molar-refractivity contribution in [2.45, 2.75) is 56.7 Å². The van der Waals surface area contributed by atoms with Crippen molar-refractivity contribution in [2.24, 2.45) is 5.92 Å². The van der Waals surface area contributed by atoms with Gasteiger partial charge in [-0.2, -0.15) is 5.26 Å². The molecule has 0 saturated carbocycles. The van der Waals surface area contributed by atoms with Crippen LogP contribution in [0.2, 0.25) is 0 Å². The minimum absolute atomic E-state index is 0.129. The van der Waals surface area contributed by atoms with Crippen molar-refractivity contribution in [1.82, 2.24) is 9.80 Å². The molecule has 0 radical (unpaired) electrons. The number of nitrogens with zero attached hydrogens (tertiary/aromatic N) is 3. The average Bonchev–Trinajstić information content (AvgIpc) is 3.22. The number of amides is 3. The highest BCUT2D eigenvalue weighted by atomic mass is 32.2. The molecule has 1 aromatic carbocycles. The number of urea groups is 1. The van der Waals surface area contributed by atoms with Crippen LogP contribution in [-0.4, -0.2) is 76.7 Å². The summed E-state index contributed by atoms with van der Waals surface area (Å²) in [6.45, 7) is 5.05. The van der Waals surface area contributed by atoms with E-state index in [1.807, 2.05) is 0 Å². The molecule has 10 nitrogen and oxygen atoms in total. The predicted octanol–water partition coefficient (Wildman–Crippen LogP) is 3.69. The summed E-state index contributed by atoms with van der Waals surface area (Å²) in [6.07, 6.45) is 0.0807. The van der Waals surface area contributed by atoms with E-state index in [0.717, 1.165) is 16.7 Å². The van der Waals surface area contributed by atoms with Gasteiger partial charge in [0, 0.05) is 18.8 Å². The summed E-state index contributed by atoms with van der Waals surface area (Å²) < 4.78 is 31.7. The molecule has 3 unspecified atom stereocenters. The Balaban J connectivity index is 1.78. The molecule has 0 bridgehead atoms. The highest BCUT2D eigenvalue weighted by Crippen LogP contribution is 2.48. The summed E-state index contributed by atoms with van der Waals surface area (Å²) in [5.74, 6) is -3.11. The number of carbonyl (C=O) groups excluding carboxylic acids is 2. The van der Waals surface area contributed by atoms with Crippen LogP contribution in [0.15, 0.2) is 28.7 Å². The lowest BCUT2D eigenvalue weighted by molar-refractivity contribution is -0.158. The Bertz CT molecular complexity index is 1210. The molecule has 38 heavy (non-hydrogen) atoms. The lowest BCUT2D eigenvalue weighted by atomic mass is 9.91. The number of allylic oxidation sites excluding steroid dienone is 1. The highest BCUT2D eigenvalue weighted by molar-refractivity contribution is 8.04. The van der Waals surface area contributed by atoms with Gasteiger partial charge in [0.1, 0.15) is 34.7 Å². The van der Waals surface area contributed by atoms with E-state index in [1.165, 1.54) is 44.1 Å². The second-order valence-corrected chi connectivity index (χ2v) is 11.0. The van der Waals surface area contributed by atoms with E-state index in [4.69, 9.17) is 14.2 Å². The van der Waals surface area contributed by atoms with Gasteiger partial charge in [-0.05, 0) is 57.4 Å². The maximum Gasteiger partial charge on any atom is 0.329 e. The topological polar surface area (TPSA) is 129 Å². The molecule has 0 spiro atoms. The predicted molar refractivity (Wildman–Crippen MR) is 134 cm³/mol. The molecule has 3 aliphatic heterocycles. The summed E-state index contributed by atoms with van der Waals surface area (Å²) in [6, 6.07) is 5.27. The van der Waals surface area contributed by atoms with Crippen molar-refractivity contribution in [2.75, 3.05) is 26.9 Å². The van der Waals surface area contributed by atoms with Gasteiger partial charge >= 0.3 is 12.0 Å². The molecule has 2 saturated heterocycles. The van der Waals surface area contributed by atoms with E-state index in [9.17, 15) is 29.1 Å². The SMILES string of the molecule is COc1ccc(F)cc1C(CN1C(=O)N(C(C)(C)C(=O)O)C(=O)C2C(C)=C(C#N)SC21)OC1CCOCC1. The molecule has 3 heterocycles. The Morgan fingerprint density at radius 3 is 2.63 bits per heavy atom. The van der Waals surface area contributed by atoms with Crippen LogP contribution in [0.4, 0.5) is 9.18 Å². The summed E-state index contributed by atoms with van der Waals surface area (Å²) in [5, 5.41) is 18.7. The summed E-state index contributed by atoms with van der Waals surface area (Å²) >= 11 is 1.08. The van der Waals surface area contributed by atoms with Crippen LogP contribution in [0.1, 0.15) is 45.3 Å². The summed E-state index contributed by atoms with van der Waals surface area (Å²) in [5.41, 5.74) is -1.01. The third kappa shape index (κ3) is 4.98. The average molecular weight is 548 g/mol. The Kier molecular flexibility index (Phi) is 8.01. The molecule has 3 amide bonds. The number of fused-ring (bicyclic) bond motifs is 1. The number of hydrogen-bond donors (Lipinski definition) is 1. The van der Waals surface area contributed by atoms with Crippen molar-refractivity contribution in [1.29, 1.82) is 5.26 Å². The molecule has 3 atom stereocenters. The molecule has 1 aromatic rings. The summed E-state index contributed by atoms with van der Waals surface area (Å²) in [7, 11) is 1.44. The Morgan fingerprint density at radius 2 is 2.03 bits per heavy atom. The van der Waals surface area contributed by atoms with E-state index < -0.39 is 46.7 Å². The number of benzene rings is 1. The van der Waals surface area contributed by atoms with Crippen LogP contribution in [0.5, 0.6) is 5.75 Å². The quantitative estimate of drug-likeness (QED) is 0.518. The molecular weight excluding hydrogens is 517 g/mol. The monoisotopic (exact) mass is 547 g/mol. The van der Waals surface area contributed by atoms with Crippen molar-refractivity contribution in [3.05, 3.63) is 40.1 Å². The smallest absolute Gasteiger partial charge is 0.329 e. The number of carbonyl (C=O) groups is 3. The number of halogens is 1. The summed E-state index contributed by atoms with van der Waals surface area (Å²) in [4.78, 5) is 41.9. The number of imide groups is 1. The zero-order valence-corrected chi connectivity index (χ0v) is 22.4. The standard InChI is InChI=1S/C26H30FN3O7S/c1-14-20(12-28)38-23-21(14)22(31)30(26(2,3)24(32)33)25(34)29(23)13-19(37-16-7-9-36-10-8-16)17-11-15(27)5-6-18(17)35-4/h5-6,11,16,19,21,23H,7-10,13H2,1-4H3,(H,32,33). The number of rotatable bonds is 8. The highest BCUT2D eigenvalue weighted by Gasteiger charge is 2.57. The van der Waals surface area contributed by atoms with Gasteiger partial charge < -0.3 is 24.2 Å². The first-order valence-corrected chi connectivity index (χ1v) is 13.1. The zero-order valence-electron chi connectivity index (χ0n) is 21.6. The molecule has 3 aliphatic rings. The van der Waals surface area contributed by atoms with E-state index in [2.05, 4.69) is 6.07 Å². The third-order valence-corrected chi connectivity index (χ3v) is 8.61. The normalized spacial score (nSPS) is 23.4. The lowest BCUT2D eigenvalue weighted by Gasteiger charge is -2.47. The Morgan fingerprint density at radius 1 is 1.34 bits per heavy atom. The van der Waals surface area contributed by atoms with Crippen LogP contribution in [0.3, 0.4) is 0 Å².